The molecule has 0 unspecified atom stereocenters. The topological polar surface area (TPSA) is 91.7 Å². The summed E-state index contributed by atoms with van der Waals surface area (Å²) in [6.07, 6.45) is 5.85. The summed E-state index contributed by atoms with van der Waals surface area (Å²) in [6, 6.07) is 0. The molecule has 0 fully saturated rings. The van der Waals surface area contributed by atoms with Crippen molar-refractivity contribution in [2.75, 3.05) is 0 Å². The van der Waals surface area contributed by atoms with Gasteiger partial charge in [-0.25, -0.2) is 0 Å². The number of carbonyl (C=O) groups excluding carboxylic acids is 1. The molecule has 0 rings (SSSR count). The van der Waals surface area contributed by atoms with Crippen LogP contribution in [0.5, 0.6) is 0 Å². The van der Waals surface area contributed by atoms with Crippen LogP contribution in [0.15, 0.2) is 0 Å². The van der Waals surface area contributed by atoms with Crippen molar-refractivity contribution in [3.05, 3.63) is 0 Å². The minimum atomic E-state index is -1.90. The Hall–Kier alpha value is -1.39. The van der Waals surface area contributed by atoms with Crippen LogP contribution in [0, 0.1) is 5.92 Å². The summed E-state index contributed by atoms with van der Waals surface area (Å²) in [6.45, 7) is 2.11. The molecule has 0 aliphatic heterocycles. The summed E-state index contributed by atoms with van der Waals surface area (Å²) in [5.41, 5.74) is 0. The summed E-state index contributed by atoms with van der Waals surface area (Å²) in [5.74, 6) is -5.76. The van der Waals surface area contributed by atoms with Crippen LogP contribution in [0.4, 0.5) is 0 Å². The van der Waals surface area contributed by atoms with E-state index in [1.165, 1.54) is 0 Å². The molecule has 98 valence electrons. The first kappa shape index (κ1) is 15.6. The number of ketones is 1. The second kappa shape index (κ2) is 8.73. The summed E-state index contributed by atoms with van der Waals surface area (Å²) in [7, 11) is 0. The van der Waals surface area contributed by atoms with Gasteiger partial charge in [-0.15, -0.1) is 0 Å². The number of rotatable bonds is 10. The fraction of sp³-hybridized carbons (Fsp3) is 0.750. The average molecular weight is 244 g/mol. The lowest BCUT2D eigenvalue weighted by Crippen LogP contribution is -2.31. The van der Waals surface area contributed by atoms with Crippen LogP contribution in [-0.4, -0.2) is 27.9 Å². The van der Waals surface area contributed by atoms with Crippen molar-refractivity contribution in [1.29, 1.82) is 0 Å². The lowest BCUT2D eigenvalue weighted by Gasteiger charge is -2.06. The molecular formula is C12H20O5. The van der Waals surface area contributed by atoms with Crippen LogP contribution in [0.3, 0.4) is 0 Å². The maximum atomic E-state index is 11.4. The predicted octanol–water partition coefficient (Wildman–Crippen LogP) is 2.09. The third-order valence-electron chi connectivity index (χ3n) is 2.59. The molecule has 0 heterocycles. The zero-order valence-electron chi connectivity index (χ0n) is 10.1. The van der Waals surface area contributed by atoms with E-state index in [-0.39, 0.29) is 6.42 Å². The number of carbonyl (C=O) groups is 3. The maximum absolute atomic E-state index is 11.4. The SMILES string of the molecule is CCCCCCCCC(=O)C(C(=O)O)C(=O)O. The van der Waals surface area contributed by atoms with Gasteiger partial charge in [0.25, 0.3) is 0 Å². The third kappa shape index (κ3) is 6.71. The first-order chi connectivity index (χ1) is 8.00. The summed E-state index contributed by atoms with van der Waals surface area (Å²) in [5, 5.41) is 17.2. The van der Waals surface area contributed by atoms with E-state index in [0.717, 1.165) is 32.1 Å². The number of hydrogen-bond acceptors (Lipinski definition) is 3. The predicted molar refractivity (Wildman–Crippen MR) is 61.8 cm³/mol. The molecule has 0 aliphatic carbocycles. The van der Waals surface area contributed by atoms with Gasteiger partial charge in [-0.3, -0.25) is 14.4 Å². The molecule has 0 saturated carbocycles. The zero-order valence-corrected chi connectivity index (χ0v) is 10.1. The van der Waals surface area contributed by atoms with Gasteiger partial charge in [-0.1, -0.05) is 39.0 Å². The highest BCUT2D eigenvalue weighted by molar-refractivity contribution is 6.13. The molecule has 0 aromatic carbocycles. The molecule has 0 amide bonds. The second-order valence-corrected chi connectivity index (χ2v) is 4.09. The Morgan fingerprint density at radius 3 is 1.82 bits per heavy atom. The van der Waals surface area contributed by atoms with Gasteiger partial charge in [0, 0.05) is 6.42 Å². The Labute approximate surface area is 101 Å². The normalized spacial score (nSPS) is 10.5. The number of carboxylic acids is 2. The van der Waals surface area contributed by atoms with Crippen LogP contribution < -0.4 is 0 Å². The molecule has 0 spiro atoms. The highest BCUT2D eigenvalue weighted by Gasteiger charge is 2.32. The number of carboxylic acid groups (broad SMARTS) is 2. The van der Waals surface area contributed by atoms with E-state index in [1.807, 2.05) is 0 Å². The molecular weight excluding hydrogens is 224 g/mol. The summed E-state index contributed by atoms with van der Waals surface area (Å²) >= 11 is 0. The highest BCUT2D eigenvalue weighted by atomic mass is 16.4. The smallest absolute Gasteiger partial charge is 0.325 e. The maximum Gasteiger partial charge on any atom is 0.325 e. The number of aliphatic carboxylic acids is 2. The van der Waals surface area contributed by atoms with E-state index < -0.39 is 23.6 Å². The van der Waals surface area contributed by atoms with Crippen LogP contribution in [-0.2, 0) is 14.4 Å². The van der Waals surface area contributed by atoms with Crippen molar-refractivity contribution >= 4 is 17.7 Å². The molecule has 0 atom stereocenters. The van der Waals surface area contributed by atoms with E-state index in [0.29, 0.717) is 6.42 Å². The fourth-order valence-electron chi connectivity index (χ4n) is 1.60. The minimum absolute atomic E-state index is 0.0371. The zero-order chi connectivity index (χ0) is 13.3. The van der Waals surface area contributed by atoms with Crippen LogP contribution in [0.1, 0.15) is 51.9 Å². The van der Waals surface area contributed by atoms with E-state index >= 15 is 0 Å². The first-order valence-corrected chi connectivity index (χ1v) is 5.99. The molecule has 5 nitrogen and oxygen atoms in total. The lowest BCUT2D eigenvalue weighted by molar-refractivity contribution is -0.157. The van der Waals surface area contributed by atoms with Crippen LogP contribution in [0.2, 0.25) is 0 Å². The number of Topliss-reactive ketones (excluding diaryl/α,β-unsaturated/α-hetero) is 1. The molecule has 0 aromatic heterocycles. The molecule has 0 aliphatic rings. The lowest BCUT2D eigenvalue weighted by atomic mass is 9.99. The molecule has 0 aromatic rings. The summed E-state index contributed by atoms with van der Waals surface area (Å²) < 4.78 is 0. The van der Waals surface area contributed by atoms with Gasteiger partial charge < -0.3 is 10.2 Å². The number of unbranched alkanes of at least 4 members (excludes halogenated alkanes) is 5. The van der Waals surface area contributed by atoms with Crippen molar-refractivity contribution in [3.8, 4) is 0 Å². The summed E-state index contributed by atoms with van der Waals surface area (Å²) in [4.78, 5) is 32.5. The molecule has 0 saturated heterocycles. The largest absolute Gasteiger partial charge is 0.480 e. The van der Waals surface area contributed by atoms with Crippen molar-refractivity contribution in [3.63, 3.8) is 0 Å². The van der Waals surface area contributed by atoms with Crippen molar-refractivity contribution in [2.45, 2.75) is 51.9 Å². The Morgan fingerprint density at radius 2 is 1.35 bits per heavy atom. The van der Waals surface area contributed by atoms with Gasteiger partial charge in [-0.2, -0.15) is 0 Å². The monoisotopic (exact) mass is 244 g/mol. The van der Waals surface area contributed by atoms with Crippen LogP contribution >= 0.6 is 0 Å². The molecule has 0 bridgehead atoms. The van der Waals surface area contributed by atoms with E-state index in [1.54, 1.807) is 0 Å². The quantitative estimate of drug-likeness (QED) is 0.453. The fourth-order valence-corrected chi connectivity index (χ4v) is 1.60. The first-order valence-electron chi connectivity index (χ1n) is 5.99. The highest BCUT2D eigenvalue weighted by Crippen LogP contribution is 2.10. The molecule has 0 radical (unpaired) electrons. The van der Waals surface area contributed by atoms with E-state index in [2.05, 4.69) is 6.92 Å². The minimum Gasteiger partial charge on any atom is -0.480 e. The Kier molecular flexibility index (Phi) is 8.01. The third-order valence-corrected chi connectivity index (χ3v) is 2.59. The van der Waals surface area contributed by atoms with Gasteiger partial charge in [0.05, 0.1) is 0 Å². The van der Waals surface area contributed by atoms with Crippen molar-refractivity contribution in [2.24, 2.45) is 5.92 Å². The Balaban J connectivity index is 3.84. The molecule has 17 heavy (non-hydrogen) atoms. The second-order valence-electron chi connectivity index (χ2n) is 4.09. The van der Waals surface area contributed by atoms with Gasteiger partial charge in [0.1, 0.15) is 0 Å². The standard InChI is InChI=1S/C12H20O5/c1-2-3-4-5-6-7-8-9(13)10(11(14)15)12(16)17/h10H,2-8H2,1H3,(H,14,15)(H,16,17). The average Bonchev–Trinajstić information content (AvgIpc) is 2.22. The number of hydrogen-bond donors (Lipinski definition) is 2. The molecule has 2 N–H and O–H groups in total. The Bertz CT molecular complexity index is 258. The van der Waals surface area contributed by atoms with Gasteiger partial charge in [-0.05, 0) is 6.42 Å². The molecule has 5 heteroatoms. The van der Waals surface area contributed by atoms with Crippen molar-refractivity contribution < 1.29 is 24.6 Å². The van der Waals surface area contributed by atoms with E-state index in [4.69, 9.17) is 10.2 Å². The van der Waals surface area contributed by atoms with E-state index in [9.17, 15) is 14.4 Å². The Morgan fingerprint density at radius 1 is 0.882 bits per heavy atom. The van der Waals surface area contributed by atoms with Crippen molar-refractivity contribution in [1.82, 2.24) is 0 Å². The van der Waals surface area contributed by atoms with Gasteiger partial charge in [0.2, 0.25) is 5.92 Å². The van der Waals surface area contributed by atoms with Gasteiger partial charge in [0.15, 0.2) is 5.78 Å². The van der Waals surface area contributed by atoms with Crippen LogP contribution in [0.25, 0.3) is 0 Å². The van der Waals surface area contributed by atoms with Gasteiger partial charge >= 0.3 is 11.9 Å².